The quantitative estimate of drug-likeness (QED) is 0.481. The van der Waals surface area contributed by atoms with Gasteiger partial charge in [-0.2, -0.15) is 5.10 Å². The number of halogens is 1. The molecule has 0 aromatic heterocycles. The lowest BCUT2D eigenvalue weighted by Gasteiger charge is -2.26. The van der Waals surface area contributed by atoms with E-state index in [1.54, 1.807) is 31.2 Å². The van der Waals surface area contributed by atoms with Crippen molar-refractivity contribution in [2.24, 2.45) is 5.10 Å². The Morgan fingerprint density at radius 3 is 2.63 bits per heavy atom. The van der Waals surface area contributed by atoms with Crippen molar-refractivity contribution in [1.29, 1.82) is 0 Å². The predicted octanol–water partition coefficient (Wildman–Crippen LogP) is 1.05. The molecule has 0 radical (unpaired) electrons. The maximum Gasteiger partial charge on any atom is 0.277 e. The summed E-state index contributed by atoms with van der Waals surface area (Å²) in [4.78, 5) is 25.9. The average molecular weight is 397 g/mol. The smallest absolute Gasteiger partial charge is 0.277 e. The van der Waals surface area contributed by atoms with Crippen LogP contribution >= 0.6 is 11.6 Å². The second kappa shape index (κ2) is 11.5. The number of ether oxygens (including phenoxy) is 2. The highest BCUT2D eigenvalue weighted by atomic mass is 35.5. The number of carbonyl (C=O) groups is 2. The molecular formula is C18H25ClN4O4. The molecule has 8 nitrogen and oxygen atoms in total. The molecule has 2 rings (SSSR count). The average Bonchev–Trinajstić information content (AvgIpc) is 2.67. The van der Waals surface area contributed by atoms with E-state index in [1.165, 1.54) is 0 Å². The second-order valence-corrected chi connectivity index (χ2v) is 6.54. The molecule has 0 saturated carbocycles. The number of hydrogen-bond acceptors (Lipinski definition) is 6. The van der Waals surface area contributed by atoms with Crippen molar-refractivity contribution in [2.45, 2.75) is 13.3 Å². The van der Waals surface area contributed by atoms with E-state index >= 15 is 0 Å². The second-order valence-electron chi connectivity index (χ2n) is 6.11. The highest BCUT2D eigenvalue weighted by Gasteiger charge is 2.10. The van der Waals surface area contributed by atoms with Crippen LogP contribution in [0.4, 0.5) is 0 Å². The number of hydrazone groups is 1. The van der Waals surface area contributed by atoms with Gasteiger partial charge in [-0.15, -0.1) is 0 Å². The zero-order valence-corrected chi connectivity index (χ0v) is 16.1. The van der Waals surface area contributed by atoms with Crippen molar-refractivity contribution in [1.82, 2.24) is 15.6 Å². The summed E-state index contributed by atoms with van der Waals surface area (Å²) < 4.78 is 10.6. The Hall–Kier alpha value is -2.16. The van der Waals surface area contributed by atoms with Gasteiger partial charge in [0.1, 0.15) is 5.75 Å². The molecule has 0 spiro atoms. The Kier molecular flexibility index (Phi) is 9.03. The van der Waals surface area contributed by atoms with Crippen molar-refractivity contribution in [3.05, 3.63) is 29.3 Å². The molecule has 9 heteroatoms. The fraction of sp³-hybridized carbons (Fsp3) is 0.500. The summed E-state index contributed by atoms with van der Waals surface area (Å²) in [7, 11) is 0. The molecule has 1 aromatic carbocycles. The van der Waals surface area contributed by atoms with Crippen LogP contribution in [0.2, 0.25) is 5.02 Å². The molecule has 1 saturated heterocycles. The molecule has 1 aromatic rings. The first kappa shape index (κ1) is 21.1. The van der Waals surface area contributed by atoms with E-state index in [0.717, 1.165) is 32.8 Å². The van der Waals surface area contributed by atoms with Gasteiger partial charge in [0.2, 0.25) is 5.91 Å². The van der Waals surface area contributed by atoms with E-state index in [2.05, 4.69) is 20.7 Å². The van der Waals surface area contributed by atoms with Crippen LogP contribution < -0.4 is 15.5 Å². The third-order valence-electron chi connectivity index (χ3n) is 3.83. The van der Waals surface area contributed by atoms with Crippen LogP contribution in [0, 0.1) is 0 Å². The topological polar surface area (TPSA) is 92.3 Å². The number of rotatable bonds is 9. The molecule has 1 fully saturated rings. The standard InChI is InChI=1S/C18H25ClN4O4/c1-14(12-17(24)20-6-7-23-8-10-26-11-9-23)21-22-18(25)13-27-16-4-2-15(19)3-5-16/h2-5H,6-13H2,1H3,(H,20,24)(H,22,25)/b21-14+. The molecule has 0 unspecified atom stereocenters. The van der Waals surface area contributed by atoms with Crippen molar-refractivity contribution in [3.8, 4) is 5.75 Å². The van der Waals surface area contributed by atoms with E-state index in [9.17, 15) is 9.59 Å². The van der Waals surface area contributed by atoms with Crippen LogP contribution in [-0.2, 0) is 14.3 Å². The Morgan fingerprint density at radius 1 is 1.22 bits per heavy atom. The fourth-order valence-corrected chi connectivity index (χ4v) is 2.51. The normalized spacial score (nSPS) is 15.3. The zero-order chi connectivity index (χ0) is 19.5. The van der Waals surface area contributed by atoms with Crippen molar-refractivity contribution in [2.75, 3.05) is 46.0 Å². The van der Waals surface area contributed by atoms with Gasteiger partial charge >= 0.3 is 0 Å². The van der Waals surface area contributed by atoms with Gasteiger partial charge in [-0.1, -0.05) is 11.6 Å². The van der Waals surface area contributed by atoms with Crippen LogP contribution in [0.25, 0.3) is 0 Å². The number of morpholine rings is 1. The highest BCUT2D eigenvalue weighted by Crippen LogP contribution is 2.15. The van der Waals surface area contributed by atoms with Gasteiger partial charge in [-0.05, 0) is 31.2 Å². The van der Waals surface area contributed by atoms with Crippen molar-refractivity contribution in [3.63, 3.8) is 0 Å². The van der Waals surface area contributed by atoms with E-state index in [0.29, 0.717) is 23.0 Å². The number of benzene rings is 1. The van der Waals surface area contributed by atoms with Crippen LogP contribution in [0.3, 0.4) is 0 Å². The number of carbonyl (C=O) groups excluding carboxylic acids is 2. The number of nitrogens with one attached hydrogen (secondary N) is 2. The van der Waals surface area contributed by atoms with Gasteiger partial charge in [0.25, 0.3) is 5.91 Å². The summed E-state index contributed by atoms with van der Waals surface area (Å²) in [6, 6.07) is 6.69. The third-order valence-corrected chi connectivity index (χ3v) is 4.08. The molecular weight excluding hydrogens is 372 g/mol. The molecule has 27 heavy (non-hydrogen) atoms. The maximum atomic E-state index is 11.9. The molecule has 2 N–H and O–H groups in total. The summed E-state index contributed by atoms with van der Waals surface area (Å²) in [5.41, 5.74) is 2.89. The summed E-state index contributed by atoms with van der Waals surface area (Å²) in [6.07, 6.45) is 0.126. The third kappa shape index (κ3) is 8.85. The summed E-state index contributed by atoms with van der Waals surface area (Å²) in [5.74, 6) is 0.00287. The lowest BCUT2D eigenvalue weighted by Crippen LogP contribution is -2.41. The van der Waals surface area contributed by atoms with Gasteiger partial charge in [-0.3, -0.25) is 14.5 Å². The van der Waals surface area contributed by atoms with Gasteiger partial charge < -0.3 is 14.8 Å². The van der Waals surface area contributed by atoms with Crippen LogP contribution in [0.1, 0.15) is 13.3 Å². The molecule has 0 atom stereocenters. The Bertz CT molecular complexity index is 645. The molecule has 0 aliphatic carbocycles. The Morgan fingerprint density at radius 2 is 1.93 bits per heavy atom. The Balaban J connectivity index is 1.60. The van der Waals surface area contributed by atoms with Crippen LogP contribution in [0.5, 0.6) is 5.75 Å². The highest BCUT2D eigenvalue weighted by molar-refractivity contribution is 6.30. The minimum absolute atomic E-state index is 0.126. The maximum absolute atomic E-state index is 11.9. The van der Waals surface area contributed by atoms with Gasteiger partial charge in [-0.25, -0.2) is 5.43 Å². The van der Waals surface area contributed by atoms with Crippen molar-refractivity contribution < 1.29 is 19.1 Å². The summed E-state index contributed by atoms with van der Waals surface area (Å²) in [5, 5.41) is 7.36. The SMILES string of the molecule is C/C(CC(=O)NCCN1CCOCC1)=N\NC(=O)COc1ccc(Cl)cc1. The first-order valence-electron chi connectivity index (χ1n) is 8.80. The Labute approximate surface area is 163 Å². The lowest BCUT2D eigenvalue weighted by molar-refractivity contribution is -0.123. The molecule has 2 amide bonds. The van der Waals surface area contributed by atoms with E-state index in [4.69, 9.17) is 21.1 Å². The first-order valence-corrected chi connectivity index (χ1v) is 9.18. The van der Waals surface area contributed by atoms with Gasteiger partial charge in [0, 0.05) is 36.9 Å². The van der Waals surface area contributed by atoms with Gasteiger partial charge in [0.05, 0.1) is 19.6 Å². The van der Waals surface area contributed by atoms with Crippen molar-refractivity contribution >= 4 is 29.1 Å². The molecule has 1 aliphatic rings. The minimum atomic E-state index is -0.406. The van der Waals surface area contributed by atoms with Crippen LogP contribution in [-0.4, -0.2) is 68.4 Å². The lowest BCUT2D eigenvalue weighted by atomic mass is 10.3. The predicted molar refractivity (Wildman–Crippen MR) is 103 cm³/mol. The zero-order valence-electron chi connectivity index (χ0n) is 15.4. The number of nitrogens with zero attached hydrogens (tertiary/aromatic N) is 2. The number of amides is 2. The number of hydrogen-bond donors (Lipinski definition) is 2. The molecule has 1 aliphatic heterocycles. The van der Waals surface area contributed by atoms with Crippen LogP contribution in [0.15, 0.2) is 29.4 Å². The van der Waals surface area contributed by atoms with E-state index < -0.39 is 5.91 Å². The van der Waals surface area contributed by atoms with E-state index in [1.807, 2.05) is 0 Å². The van der Waals surface area contributed by atoms with E-state index in [-0.39, 0.29) is 18.9 Å². The largest absolute Gasteiger partial charge is 0.484 e. The summed E-state index contributed by atoms with van der Waals surface area (Å²) in [6.45, 7) is 6.13. The first-order chi connectivity index (χ1) is 13.0. The molecule has 148 valence electrons. The monoisotopic (exact) mass is 396 g/mol. The fourth-order valence-electron chi connectivity index (χ4n) is 2.38. The molecule has 1 heterocycles. The van der Waals surface area contributed by atoms with Gasteiger partial charge in [0.15, 0.2) is 6.61 Å². The summed E-state index contributed by atoms with van der Waals surface area (Å²) >= 11 is 5.78. The molecule has 0 bridgehead atoms. The minimum Gasteiger partial charge on any atom is -0.484 e.